The summed E-state index contributed by atoms with van der Waals surface area (Å²) in [6.45, 7) is 0.159. The summed E-state index contributed by atoms with van der Waals surface area (Å²) in [5.41, 5.74) is 7.93. The number of rotatable bonds is 11. The Bertz CT molecular complexity index is 2470. The van der Waals surface area contributed by atoms with E-state index in [2.05, 4.69) is 5.32 Å². The van der Waals surface area contributed by atoms with Gasteiger partial charge in [-0.05, 0) is 82.9 Å². The topological polar surface area (TPSA) is 81.7 Å². The molecule has 0 unspecified atom stereocenters. The van der Waals surface area contributed by atoms with E-state index in [-0.39, 0.29) is 19.1 Å². The number of carbonyl (C=O) groups excluding carboxylic acids is 2. The van der Waals surface area contributed by atoms with Gasteiger partial charge in [-0.25, -0.2) is 4.79 Å². The molecule has 6 aromatic carbocycles. The Labute approximate surface area is 321 Å². The molecule has 0 saturated heterocycles. The van der Waals surface area contributed by atoms with Crippen molar-refractivity contribution in [1.82, 2.24) is 5.32 Å². The van der Waals surface area contributed by atoms with E-state index in [1.54, 1.807) is 18.2 Å². The molecule has 0 fully saturated rings. The van der Waals surface area contributed by atoms with Crippen LogP contribution in [0.2, 0.25) is 10.0 Å². The molecule has 54 heavy (non-hydrogen) atoms. The first-order valence-corrected chi connectivity index (χ1v) is 18.3. The zero-order valence-corrected chi connectivity index (χ0v) is 30.5. The van der Waals surface area contributed by atoms with Gasteiger partial charge in [0, 0.05) is 50.3 Å². The van der Waals surface area contributed by atoms with Gasteiger partial charge in [-0.3, -0.25) is 4.79 Å². The predicted octanol–water partition coefficient (Wildman–Crippen LogP) is 11.6. The molecule has 8 heteroatoms. The van der Waals surface area contributed by atoms with Crippen molar-refractivity contribution < 1.29 is 23.2 Å². The van der Waals surface area contributed by atoms with Gasteiger partial charge >= 0.3 is 5.97 Å². The van der Waals surface area contributed by atoms with E-state index >= 15 is 0 Å². The minimum Gasteiger partial charge on any atom is -0.460 e. The first-order valence-electron chi connectivity index (χ1n) is 17.5. The maximum Gasteiger partial charge on any atom is 0.338 e. The van der Waals surface area contributed by atoms with E-state index in [1.165, 1.54) is 0 Å². The van der Waals surface area contributed by atoms with Gasteiger partial charge in [-0.2, -0.15) is 0 Å². The lowest BCUT2D eigenvalue weighted by Crippen LogP contribution is -2.28. The quantitative estimate of drug-likeness (QED) is 0.105. The van der Waals surface area contributed by atoms with Crippen molar-refractivity contribution in [3.8, 4) is 22.3 Å². The lowest BCUT2D eigenvalue weighted by atomic mass is 10.0. The van der Waals surface area contributed by atoms with Crippen LogP contribution in [0.3, 0.4) is 0 Å². The number of para-hydroxylation sites is 2. The summed E-state index contributed by atoms with van der Waals surface area (Å²) in [6.07, 6.45) is 1.22. The zero-order valence-electron chi connectivity index (χ0n) is 29.0. The lowest BCUT2D eigenvalue weighted by Gasteiger charge is -2.09. The third-order valence-corrected chi connectivity index (χ3v) is 9.66. The zero-order chi connectivity index (χ0) is 37.0. The van der Waals surface area contributed by atoms with E-state index in [1.807, 2.05) is 127 Å². The third kappa shape index (κ3) is 7.81. The minimum atomic E-state index is -0.484. The van der Waals surface area contributed by atoms with Crippen LogP contribution in [0.5, 0.6) is 0 Å². The SMILES string of the molecule is O=C(NCCOC(=O)c1cccc(-c2cccc3cc(Cc4cccc(Cl)c4)oc23)c1)c1cccc(-c2cccc3cc(Cc4cccc(Cl)c4)oc23)c1. The lowest BCUT2D eigenvalue weighted by molar-refractivity contribution is 0.0503. The average Bonchev–Trinajstić information content (AvgIpc) is 3.79. The fourth-order valence-electron chi connectivity index (χ4n) is 6.69. The number of halogens is 2. The molecular weight excluding hydrogens is 717 g/mol. The highest BCUT2D eigenvalue weighted by atomic mass is 35.5. The monoisotopic (exact) mass is 749 g/mol. The molecule has 0 aliphatic heterocycles. The molecule has 0 spiro atoms. The van der Waals surface area contributed by atoms with E-state index in [0.717, 1.165) is 66.8 Å². The van der Waals surface area contributed by atoms with Gasteiger partial charge in [0.25, 0.3) is 5.91 Å². The molecule has 0 bridgehead atoms. The Balaban J connectivity index is 0.896. The van der Waals surface area contributed by atoms with E-state index in [0.29, 0.717) is 34.0 Å². The van der Waals surface area contributed by atoms with Crippen molar-refractivity contribution >= 4 is 57.0 Å². The number of hydrogen-bond acceptors (Lipinski definition) is 5. The number of fused-ring (bicyclic) bond motifs is 2. The molecule has 2 aromatic heterocycles. The number of hydrogen-bond donors (Lipinski definition) is 1. The van der Waals surface area contributed by atoms with Gasteiger partial charge in [-0.1, -0.05) is 108 Å². The molecule has 0 atom stereocenters. The summed E-state index contributed by atoms with van der Waals surface area (Å²) in [6, 6.07) is 46.1. The third-order valence-electron chi connectivity index (χ3n) is 9.19. The maximum atomic E-state index is 13.2. The summed E-state index contributed by atoms with van der Waals surface area (Å²) in [4.78, 5) is 26.3. The summed E-state index contributed by atoms with van der Waals surface area (Å²) in [5.74, 6) is 0.884. The van der Waals surface area contributed by atoms with Crippen LogP contribution in [0.15, 0.2) is 154 Å². The molecule has 8 aromatic rings. The Kier molecular flexibility index (Phi) is 10.0. The fraction of sp³-hybridized carbons (Fsp3) is 0.0870. The fourth-order valence-corrected chi connectivity index (χ4v) is 7.12. The van der Waals surface area contributed by atoms with Crippen molar-refractivity contribution in [3.05, 3.63) is 189 Å². The highest BCUT2D eigenvalue weighted by Crippen LogP contribution is 2.34. The van der Waals surface area contributed by atoms with E-state index < -0.39 is 5.97 Å². The molecule has 0 saturated carbocycles. The van der Waals surface area contributed by atoms with Crippen LogP contribution < -0.4 is 5.32 Å². The predicted molar refractivity (Wildman–Crippen MR) is 214 cm³/mol. The molecule has 2 heterocycles. The average molecular weight is 751 g/mol. The van der Waals surface area contributed by atoms with Gasteiger partial charge in [0.1, 0.15) is 29.3 Å². The van der Waals surface area contributed by atoms with Crippen LogP contribution in [-0.2, 0) is 17.6 Å². The molecule has 0 aliphatic carbocycles. The van der Waals surface area contributed by atoms with Crippen LogP contribution in [0.4, 0.5) is 0 Å². The van der Waals surface area contributed by atoms with Crippen molar-refractivity contribution in [1.29, 1.82) is 0 Å². The number of amides is 1. The normalized spacial score (nSPS) is 11.2. The van der Waals surface area contributed by atoms with Crippen LogP contribution in [0.25, 0.3) is 44.2 Å². The van der Waals surface area contributed by atoms with E-state index in [9.17, 15) is 9.59 Å². The first kappa shape index (κ1) is 35.0. The summed E-state index contributed by atoms with van der Waals surface area (Å²) in [5, 5.41) is 6.18. The minimum absolute atomic E-state index is 0.0101. The van der Waals surface area contributed by atoms with Crippen LogP contribution >= 0.6 is 23.2 Å². The summed E-state index contributed by atoms with van der Waals surface area (Å²) in [7, 11) is 0. The number of ether oxygens (including phenoxy) is 1. The van der Waals surface area contributed by atoms with Crippen molar-refractivity contribution in [2.24, 2.45) is 0 Å². The van der Waals surface area contributed by atoms with Crippen LogP contribution in [-0.4, -0.2) is 25.0 Å². The Hall–Kier alpha value is -6.08. The van der Waals surface area contributed by atoms with Crippen molar-refractivity contribution in [2.45, 2.75) is 12.8 Å². The molecule has 8 rings (SSSR count). The van der Waals surface area contributed by atoms with Gasteiger partial charge < -0.3 is 18.9 Å². The molecule has 1 N–H and O–H groups in total. The molecule has 266 valence electrons. The van der Waals surface area contributed by atoms with Gasteiger partial charge in [-0.15, -0.1) is 0 Å². The van der Waals surface area contributed by atoms with Crippen LogP contribution in [0.1, 0.15) is 43.4 Å². The van der Waals surface area contributed by atoms with E-state index in [4.69, 9.17) is 36.8 Å². The van der Waals surface area contributed by atoms with Crippen molar-refractivity contribution in [3.63, 3.8) is 0 Å². The van der Waals surface area contributed by atoms with Gasteiger partial charge in [0.05, 0.1) is 12.1 Å². The smallest absolute Gasteiger partial charge is 0.338 e. The van der Waals surface area contributed by atoms with Gasteiger partial charge in [0.15, 0.2) is 0 Å². The number of furan rings is 2. The van der Waals surface area contributed by atoms with Gasteiger partial charge in [0.2, 0.25) is 0 Å². The maximum absolute atomic E-state index is 13.2. The Morgan fingerprint density at radius 1 is 0.556 bits per heavy atom. The second-order valence-electron chi connectivity index (χ2n) is 13.0. The number of carbonyl (C=O) groups is 2. The molecule has 1 amide bonds. The van der Waals surface area contributed by atoms with Crippen LogP contribution in [0, 0.1) is 0 Å². The first-order chi connectivity index (χ1) is 26.4. The number of esters is 1. The second kappa shape index (κ2) is 15.5. The number of nitrogens with one attached hydrogen (secondary N) is 1. The largest absolute Gasteiger partial charge is 0.460 e. The second-order valence-corrected chi connectivity index (χ2v) is 13.9. The Morgan fingerprint density at radius 2 is 1.06 bits per heavy atom. The number of benzene rings is 6. The standard InChI is InChI=1S/C46H33Cl2NO5/c47-37-15-1-7-29(21-37)23-39-27-33-11-5-17-41(43(33)53-39)31-9-3-13-35(25-31)45(50)49-19-20-52-46(51)36-14-4-10-32(26-36)42-18-6-12-34-28-40(54-44(34)42)24-30-8-2-16-38(48)22-30/h1-18,21-22,25-28H,19-20,23-24H2,(H,49,50). The highest BCUT2D eigenvalue weighted by molar-refractivity contribution is 6.30. The molecule has 0 aliphatic rings. The summed E-state index contributed by atoms with van der Waals surface area (Å²) < 4.78 is 18.2. The van der Waals surface area contributed by atoms with Crippen molar-refractivity contribution in [2.75, 3.05) is 13.2 Å². The highest BCUT2D eigenvalue weighted by Gasteiger charge is 2.16. The molecule has 0 radical (unpaired) electrons. The Morgan fingerprint density at radius 3 is 1.61 bits per heavy atom. The summed E-state index contributed by atoms with van der Waals surface area (Å²) >= 11 is 12.4. The molecular formula is C46H33Cl2NO5. The molecule has 6 nitrogen and oxygen atoms in total.